The lowest BCUT2D eigenvalue weighted by molar-refractivity contribution is 0.198. The molecule has 0 aliphatic carbocycles. The van der Waals surface area contributed by atoms with Gasteiger partial charge in [-0.2, -0.15) is 9.37 Å². The molecule has 1 atom stereocenters. The van der Waals surface area contributed by atoms with Crippen molar-refractivity contribution in [1.82, 2.24) is 9.97 Å². The molecule has 0 aliphatic rings. The van der Waals surface area contributed by atoms with Crippen LogP contribution in [0.1, 0.15) is 33.6 Å². The van der Waals surface area contributed by atoms with Crippen molar-refractivity contribution >= 4 is 5.95 Å². The Hall–Kier alpha value is -1.39. The molecule has 0 amide bonds. The van der Waals surface area contributed by atoms with Gasteiger partial charge in [0.05, 0.1) is 12.3 Å². The summed E-state index contributed by atoms with van der Waals surface area (Å²) in [5.74, 6) is -0.105. The van der Waals surface area contributed by atoms with Crippen LogP contribution in [0.2, 0.25) is 0 Å². The Morgan fingerprint density at radius 1 is 1.50 bits per heavy atom. The molecule has 0 fully saturated rings. The predicted octanol–water partition coefficient (Wildman–Crippen LogP) is 2.61. The van der Waals surface area contributed by atoms with Gasteiger partial charge >= 0.3 is 0 Å². The SMILES string of the molecule is CCCNc1ncc(F)c(OC(C)CC)n1. The van der Waals surface area contributed by atoms with Crippen molar-refractivity contribution in [3.8, 4) is 5.88 Å². The molecule has 90 valence electrons. The standard InChI is InChI=1S/C11H18FN3O/c1-4-6-13-11-14-7-9(12)10(15-11)16-8(3)5-2/h7-8H,4-6H2,1-3H3,(H,13,14,15). The molecule has 1 unspecified atom stereocenters. The Balaban J connectivity index is 2.73. The van der Waals surface area contributed by atoms with E-state index >= 15 is 0 Å². The fourth-order valence-electron chi connectivity index (χ4n) is 1.03. The van der Waals surface area contributed by atoms with E-state index in [2.05, 4.69) is 15.3 Å². The zero-order valence-corrected chi connectivity index (χ0v) is 9.96. The van der Waals surface area contributed by atoms with Gasteiger partial charge in [-0.1, -0.05) is 13.8 Å². The highest BCUT2D eigenvalue weighted by Gasteiger charge is 2.10. The van der Waals surface area contributed by atoms with Crippen LogP contribution in [0.3, 0.4) is 0 Å². The van der Waals surface area contributed by atoms with E-state index in [1.54, 1.807) is 0 Å². The van der Waals surface area contributed by atoms with Crippen LogP contribution < -0.4 is 10.1 Å². The van der Waals surface area contributed by atoms with E-state index in [4.69, 9.17) is 4.74 Å². The van der Waals surface area contributed by atoms with Crippen LogP contribution >= 0.6 is 0 Å². The highest BCUT2D eigenvalue weighted by atomic mass is 19.1. The second kappa shape index (κ2) is 6.25. The first-order chi connectivity index (χ1) is 7.67. The number of nitrogens with one attached hydrogen (secondary N) is 1. The van der Waals surface area contributed by atoms with Gasteiger partial charge in [0.2, 0.25) is 11.8 Å². The highest BCUT2D eigenvalue weighted by molar-refractivity contribution is 5.28. The molecule has 1 aromatic rings. The maximum Gasteiger partial charge on any atom is 0.255 e. The third-order valence-electron chi connectivity index (χ3n) is 2.13. The van der Waals surface area contributed by atoms with Gasteiger partial charge in [-0.05, 0) is 19.8 Å². The zero-order chi connectivity index (χ0) is 12.0. The van der Waals surface area contributed by atoms with E-state index in [0.717, 1.165) is 25.6 Å². The van der Waals surface area contributed by atoms with Crippen LogP contribution in [-0.4, -0.2) is 22.6 Å². The highest BCUT2D eigenvalue weighted by Crippen LogP contribution is 2.16. The third kappa shape index (κ3) is 3.64. The van der Waals surface area contributed by atoms with Gasteiger partial charge in [0, 0.05) is 6.54 Å². The minimum atomic E-state index is -0.526. The first-order valence-electron chi connectivity index (χ1n) is 5.60. The monoisotopic (exact) mass is 227 g/mol. The van der Waals surface area contributed by atoms with E-state index in [9.17, 15) is 4.39 Å². The van der Waals surface area contributed by atoms with Gasteiger partial charge in [-0.3, -0.25) is 0 Å². The Labute approximate surface area is 95.3 Å². The molecule has 0 aliphatic heterocycles. The number of aromatic nitrogens is 2. The maximum absolute atomic E-state index is 13.3. The number of hydrogen-bond donors (Lipinski definition) is 1. The van der Waals surface area contributed by atoms with Crippen molar-refractivity contribution < 1.29 is 9.13 Å². The molecule has 1 rings (SSSR count). The van der Waals surface area contributed by atoms with Crippen molar-refractivity contribution in [3.05, 3.63) is 12.0 Å². The Morgan fingerprint density at radius 3 is 2.88 bits per heavy atom. The molecule has 1 heterocycles. The summed E-state index contributed by atoms with van der Waals surface area (Å²) in [5, 5.41) is 2.98. The molecule has 1 N–H and O–H groups in total. The lowest BCUT2D eigenvalue weighted by atomic mass is 10.3. The Bertz CT molecular complexity index is 333. The lowest BCUT2D eigenvalue weighted by Crippen LogP contribution is -2.13. The first-order valence-corrected chi connectivity index (χ1v) is 5.60. The van der Waals surface area contributed by atoms with Crippen LogP contribution in [0.25, 0.3) is 0 Å². The fourth-order valence-corrected chi connectivity index (χ4v) is 1.03. The Kier molecular flexibility index (Phi) is 4.95. The second-order valence-electron chi connectivity index (χ2n) is 3.61. The predicted molar refractivity (Wildman–Crippen MR) is 61.2 cm³/mol. The van der Waals surface area contributed by atoms with Crippen LogP contribution in [0.4, 0.5) is 10.3 Å². The summed E-state index contributed by atoms with van der Waals surface area (Å²) < 4.78 is 18.7. The molecule has 0 saturated heterocycles. The zero-order valence-electron chi connectivity index (χ0n) is 9.96. The van der Waals surface area contributed by atoms with Crippen molar-refractivity contribution in [3.63, 3.8) is 0 Å². The largest absolute Gasteiger partial charge is 0.472 e. The number of halogens is 1. The van der Waals surface area contributed by atoms with Gasteiger partial charge in [0.15, 0.2) is 0 Å². The summed E-state index contributed by atoms with van der Waals surface area (Å²) in [6.07, 6.45) is 2.84. The summed E-state index contributed by atoms with van der Waals surface area (Å²) in [4.78, 5) is 7.81. The average molecular weight is 227 g/mol. The van der Waals surface area contributed by atoms with E-state index in [1.165, 1.54) is 0 Å². The fraction of sp³-hybridized carbons (Fsp3) is 0.636. The molecule has 4 nitrogen and oxygen atoms in total. The number of ether oxygens (including phenoxy) is 1. The van der Waals surface area contributed by atoms with E-state index in [1.807, 2.05) is 20.8 Å². The maximum atomic E-state index is 13.3. The van der Waals surface area contributed by atoms with Gasteiger partial charge in [-0.25, -0.2) is 4.98 Å². The van der Waals surface area contributed by atoms with Gasteiger partial charge in [-0.15, -0.1) is 0 Å². The molecular weight excluding hydrogens is 209 g/mol. The van der Waals surface area contributed by atoms with Crippen LogP contribution in [-0.2, 0) is 0 Å². The number of nitrogens with zero attached hydrogens (tertiary/aromatic N) is 2. The smallest absolute Gasteiger partial charge is 0.255 e. The normalized spacial score (nSPS) is 12.2. The summed E-state index contributed by atoms with van der Waals surface area (Å²) in [6, 6.07) is 0. The van der Waals surface area contributed by atoms with Crippen molar-refractivity contribution in [2.24, 2.45) is 0 Å². The summed E-state index contributed by atoms with van der Waals surface area (Å²) >= 11 is 0. The first kappa shape index (κ1) is 12.7. The number of anilines is 1. The van der Waals surface area contributed by atoms with Crippen molar-refractivity contribution in [2.75, 3.05) is 11.9 Å². The molecule has 0 saturated carbocycles. The minimum Gasteiger partial charge on any atom is -0.472 e. The molecule has 16 heavy (non-hydrogen) atoms. The summed E-state index contributed by atoms with van der Waals surface area (Å²) in [6.45, 7) is 6.64. The number of rotatable bonds is 6. The molecule has 1 aromatic heterocycles. The minimum absolute atomic E-state index is 0.0166. The Morgan fingerprint density at radius 2 is 2.25 bits per heavy atom. The molecule has 0 aromatic carbocycles. The quantitative estimate of drug-likeness (QED) is 0.811. The number of hydrogen-bond acceptors (Lipinski definition) is 4. The van der Waals surface area contributed by atoms with Crippen LogP contribution in [0, 0.1) is 5.82 Å². The van der Waals surface area contributed by atoms with Crippen molar-refractivity contribution in [2.45, 2.75) is 39.7 Å². The average Bonchev–Trinajstić information content (AvgIpc) is 2.30. The van der Waals surface area contributed by atoms with Gasteiger partial charge in [0.25, 0.3) is 5.88 Å². The molecule has 0 bridgehead atoms. The van der Waals surface area contributed by atoms with Gasteiger partial charge < -0.3 is 10.1 Å². The molecule has 0 radical (unpaired) electrons. The van der Waals surface area contributed by atoms with Crippen LogP contribution in [0.15, 0.2) is 6.20 Å². The van der Waals surface area contributed by atoms with E-state index < -0.39 is 5.82 Å². The van der Waals surface area contributed by atoms with E-state index in [-0.39, 0.29) is 12.0 Å². The second-order valence-corrected chi connectivity index (χ2v) is 3.61. The van der Waals surface area contributed by atoms with Gasteiger partial charge in [0.1, 0.15) is 0 Å². The summed E-state index contributed by atoms with van der Waals surface area (Å²) in [5.41, 5.74) is 0. The third-order valence-corrected chi connectivity index (χ3v) is 2.13. The topological polar surface area (TPSA) is 47.0 Å². The molecule has 5 heteroatoms. The lowest BCUT2D eigenvalue weighted by Gasteiger charge is -2.12. The summed E-state index contributed by atoms with van der Waals surface area (Å²) in [7, 11) is 0. The van der Waals surface area contributed by atoms with Crippen LogP contribution in [0.5, 0.6) is 5.88 Å². The molecular formula is C11H18FN3O. The van der Waals surface area contributed by atoms with E-state index in [0.29, 0.717) is 5.95 Å². The van der Waals surface area contributed by atoms with Crippen molar-refractivity contribution in [1.29, 1.82) is 0 Å². The molecule has 0 spiro atoms.